The third-order valence-corrected chi connectivity index (χ3v) is 5.98. The molecule has 1 aliphatic heterocycles. The van der Waals surface area contributed by atoms with Gasteiger partial charge in [-0.3, -0.25) is 0 Å². The van der Waals surface area contributed by atoms with Crippen molar-refractivity contribution in [3.63, 3.8) is 0 Å². The van der Waals surface area contributed by atoms with E-state index in [1.807, 2.05) is 12.1 Å². The average molecular weight is 294 g/mol. The largest absolute Gasteiger partial charge is 0.385 e. The molecule has 5 heteroatoms. The third-order valence-electron chi connectivity index (χ3n) is 4.49. The first-order valence-electron chi connectivity index (χ1n) is 7.45. The molecule has 0 bridgehead atoms. The van der Waals surface area contributed by atoms with E-state index in [1.165, 1.54) is 0 Å². The maximum atomic E-state index is 12.5. The minimum Gasteiger partial charge on any atom is -0.385 e. The molecule has 1 fully saturated rings. The predicted molar refractivity (Wildman–Crippen MR) is 80.4 cm³/mol. The second kappa shape index (κ2) is 5.37. The van der Waals surface area contributed by atoms with Crippen molar-refractivity contribution in [1.29, 1.82) is 0 Å². The van der Waals surface area contributed by atoms with Gasteiger partial charge in [0.2, 0.25) is 10.0 Å². The molecule has 110 valence electrons. The van der Waals surface area contributed by atoms with Crippen LogP contribution in [-0.2, 0) is 16.4 Å². The lowest BCUT2D eigenvalue weighted by Crippen LogP contribution is -2.36. The Morgan fingerprint density at radius 1 is 1.25 bits per heavy atom. The van der Waals surface area contributed by atoms with Gasteiger partial charge >= 0.3 is 0 Å². The summed E-state index contributed by atoms with van der Waals surface area (Å²) in [4.78, 5) is 0.402. The van der Waals surface area contributed by atoms with E-state index >= 15 is 0 Å². The predicted octanol–water partition coefficient (Wildman–Crippen LogP) is 2.51. The highest BCUT2D eigenvalue weighted by atomic mass is 32.2. The average Bonchev–Trinajstić information content (AvgIpc) is 2.83. The molecule has 2 atom stereocenters. The number of anilines is 1. The molecule has 0 amide bonds. The highest BCUT2D eigenvalue weighted by molar-refractivity contribution is 7.89. The van der Waals surface area contributed by atoms with Gasteiger partial charge in [0.1, 0.15) is 0 Å². The standard InChI is InChI=1S/C15H22N2O2S/c1-11-4-2-6-14(11)17-20(18,19)13-7-8-15-12(10-13)5-3-9-16-15/h7-8,10-11,14,16-17H,2-6,9H2,1H3. The van der Waals surface area contributed by atoms with Crippen molar-refractivity contribution in [2.45, 2.75) is 50.0 Å². The first-order chi connectivity index (χ1) is 9.56. The highest BCUT2D eigenvalue weighted by Crippen LogP contribution is 2.28. The molecule has 2 N–H and O–H groups in total. The Morgan fingerprint density at radius 3 is 2.85 bits per heavy atom. The maximum absolute atomic E-state index is 12.5. The van der Waals surface area contributed by atoms with Gasteiger partial charge in [-0.05, 0) is 55.4 Å². The van der Waals surface area contributed by atoms with E-state index in [9.17, 15) is 8.42 Å². The van der Waals surface area contributed by atoms with Gasteiger partial charge in [-0.2, -0.15) is 0 Å². The Kier molecular flexibility index (Phi) is 3.73. The SMILES string of the molecule is CC1CCCC1NS(=O)(=O)c1ccc2c(c1)CCCN2. The summed E-state index contributed by atoms with van der Waals surface area (Å²) >= 11 is 0. The lowest BCUT2D eigenvalue weighted by molar-refractivity contribution is 0.476. The molecule has 2 unspecified atom stereocenters. The lowest BCUT2D eigenvalue weighted by Gasteiger charge is -2.20. The summed E-state index contributed by atoms with van der Waals surface area (Å²) in [6.45, 7) is 3.09. The molecule has 0 radical (unpaired) electrons. The van der Waals surface area contributed by atoms with Crippen LogP contribution in [-0.4, -0.2) is 21.0 Å². The van der Waals surface area contributed by atoms with Crippen LogP contribution >= 0.6 is 0 Å². The van der Waals surface area contributed by atoms with Crippen LogP contribution in [0.4, 0.5) is 5.69 Å². The Morgan fingerprint density at radius 2 is 2.10 bits per heavy atom. The van der Waals surface area contributed by atoms with Gasteiger partial charge in [0.25, 0.3) is 0 Å². The van der Waals surface area contributed by atoms with E-state index in [1.54, 1.807) is 6.07 Å². The molecule has 20 heavy (non-hydrogen) atoms. The highest BCUT2D eigenvalue weighted by Gasteiger charge is 2.28. The minimum atomic E-state index is -3.39. The Labute approximate surface area is 121 Å². The third kappa shape index (κ3) is 2.69. The van der Waals surface area contributed by atoms with Crippen LogP contribution in [0.5, 0.6) is 0 Å². The van der Waals surface area contributed by atoms with E-state index in [0.717, 1.165) is 49.9 Å². The minimum absolute atomic E-state index is 0.0918. The van der Waals surface area contributed by atoms with Crippen molar-refractivity contribution in [2.75, 3.05) is 11.9 Å². The summed E-state index contributed by atoms with van der Waals surface area (Å²) in [5.41, 5.74) is 2.18. The summed E-state index contributed by atoms with van der Waals surface area (Å²) in [6.07, 6.45) is 5.19. The summed E-state index contributed by atoms with van der Waals surface area (Å²) in [7, 11) is -3.39. The fraction of sp³-hybridized carbons (Fsp3) is 0.600. The summed E-state index contributed by atoms with van der Waals surface area (Å²) in [5.74, 6) is 0.434. The summed E-state index contributed by atoms with van der Waals surface area (Å²) in [6, 6.07) is 5.51. The maximum Gasteiger partial charge on any atom is 0.240 e. The first kappa shape index (κ1) is 13.9. The quantitative estimate of drug-likeness (QED) is 0.900. The number of fused-ring (bicyclic) bond motifs is 1. The van der Waals surface area contributed by atoms with Crippen LogP contribution in [0, 0.1) is 5.92 Å². The molecule has 3 rings (SSSR count). The molecule has 1 saturated carbocycles. The number of sulfonamides is 1. The number of aryl methyl sites for hydroxylation is 1. The zero-order valence-electron chi connectivity index (χ0n) is 11.9. The van der Waals surface area contributed by atoms with Crippen molar-refractivity contribution >= 4 is 15.7 Å². The molecule has 2 aliphatic rings. The van der Waals surface area contributed by atoms with Crippen LogP contribution in [0.15, 0.2) is 23.1 Å². The molecule has 4 nitrogen and oxygen atoms in total. The number of benzene rings is 1. The van der Waals surface area contributed by atoms with Gasteiger partial charge in [0.05, 0.1) is 4.90 Å². The Balaban J connectivity index is 1.83. The zero-order valence-corrected chi connectivity index (χ0v) is 12.7. The van der Waals surface area contributed by atoms with Gasteiger partial charge in [0, 0.05) is 18.3 Å². The van der Waals surface area contributed by atoms with Crippen LogP contribution in [0.2, 0.25) is 0 Å². The fourth-order valence-corrected chi connectivity index (χ4v) is 4.64. The van der Waals surface area contributed by atoms with Crippen molar-refractivity contribution in [1.82, 2.24) is 4.72 Å². The van der Waals surface area contributed by atoms with Crippen LogP contribution in [0.1, 0.15) is 38.2 Å². The van der Waals surface area contributed by atoms with Crippen LogP contribution in [0.3, 0.4) is 0 Å². The van der Waals surface area contributed by atoms with Crippen molar-refractivity contribution in [3.8, 4) is 0 Å². The van der Waals surface area contributed by atoms with E-state index in [-0.39, 0.29) is 6.04 Å². The van der Waals surface area contributed by atoms with Gasteiger partial charge in [-0.25, -0.2) is 13.1 Å². The smallest absolute Gasteiger partial charge is 0.240 e. The fourth-order valence-electron chi connectivity index (χ4n) is 3.21. The molecule has 0 saturated heterocycles. The van der Waals surface area contributed by atoms with E-state index in [2.05, 4.69) is 17.0 Å². The number of hydrogen-bond acceptors (Lipinski definition) is 3. The molecule has 1 aromatic rings. The van der Waals surface area contributed by atoms with Gasteiger partial charge < -0.3 is 5.32 Å². The summed E-state index contributed by atoms with van der Waals surface area (Å²) in [5, 5.41) is 3.31. The molecular formula is C15H22N2O2S. The monoisotopic (exact) mass is 294 g/mol. The number of rotatable bonds is 3. The van der Waals surface area contributed by atoms with E-state index in [4.69, 9.17) is 0 Å². The van der Waals surface area contributed by atoms with Crippen molar-refractivity contribution < 1.29 is 8.42 Å². The Hall–Kier alpha value is -1.07. The summed E-state index contributed by atoms with van der Waals surface area (Å²) < 4.78 is 27.9. The lowest BCUT2D eigenvalue weighted by atomic mass is 10.0. The first-order valence-corrected chi connectivity index (χ1v) is 8.94. The molecular weight excluding hydrogens is 272 g/mol. The molecule has 0 spiro atoms. The van der Waals surface area contributed by atoms with Crippen LogP contribution < -0.4 is 10.0 Å². The number of nitrogens with one attached hydrogen (secondary N) is 2. The molecule has 0 aromatic heterocycles. The van der Waals surface area contributed by atoms with Gasteiger partial charge in [0.15, 0.2) is 0 Å². The second-order valence-corrected chi connectivity index (χ2v) is 7.70. The molecule has 1 aliphatic carbocycles. The normalized spacial score (nSPS) is 26.1. The van der Waals surface area contributed by atoms with Crippen molar-refractivity contribution in [3.05, 3.63) is 23.8 Å². The molecule has 1 heterocycles. The van der Waals surface area contributed by atoms with Gasteiger partial charge in [-0.15, -0.1) is 0 Å². The molecule has 1 aromatic carbocycles. The van der Waals surface area contributed by atoms with Crippen LogP contribution in [0.25, 0.3) is 0 Å². The van der Waals surface area contributed by atoms with E-state index in [0.29, 0.717) is 10.8 Å². The topological polar surface area (TPSA) is 58.2 Å². The number of hydrogen-bond donors (Lipinski definition) is 2. The van der Waals surface area contributed by atoms with E-state index < -0.39 is 10.0 Å². The van der Waals surface area contributed by atoms with Gasteiger partial charge in [-0.1, -0.05) is 13.3 Å². The zero-order chi connectivity index (χ0) is 14.2. The second-order valence-electron chi connectivity index (χ2n) is 5.99. The van der Waals surface area contributed by atoms with Crippen molar-refractivity contribution in [2.24, 2.45) is 5.92 Å². The Bertz CT molecular complexity index is 598.